The first kappa shape index (κ1) is 12.3. The number of ether oxygens (including phenoxy) is 1. The monoisotopic (exact) mass is 248 g/mol. The highest BCUT2D eigenvalue weighted by atomic mass is 16.5. The maximum absolute atomic E-state index is 11.8. The zero-order valence-electron chi connectivity index (χ0n) is 11.0. The third kappa shape index (κ3) is 1.79. The molecule has 0 aromatic carbocycles. The fourth-order valence-corrected chi connectivity index (χ4v) is 2.13. The average Bonchev–Trinajstić information content (AvgIpc) is 2.91. The van der Waals surface area contributed by atoms with Gasteiger partial charge < -0.3 is 9.30 Å². The largest absolute Gasteiger partial charge is 0.464 e. The minimum atomic E-state index is -0.331. The molecule has 0 spiro atoms. The smallest absolute Gasteiger partial charge is 0.354 e. The molecule has 18 heavy (non-hydrogen) atoms. The average molecular weight is 248 g/mol. The summed E-state index contributed by atoms with van der Waals surface area (Å²) in [5.74, 6) is 0.417. The lowest BCUT2D eigenvalue weighted by atomic mass is 10.1. The van der Waals surface area contributed by atoms with Gasteiger partial charge in [-0.2, -0.15) is 5.10 Å². The second-order valence-electron chi connectivity index (χ2n) is 4.03. The van der Waals surface area contributed by atoms with Crippen molar-refractivity contribution in [1.29, 1.82) is 0 Å². The number of hydrogen-bond acceptors (Lipinski definition) is 4. The molecule has 0 saturated carbocycles. The van der Waals surface area contributed by atoms with Crippen molar-refractivity contribution in [3.63, 3.8) is 0 Å². The third-order valence-corrected chi connectivity index (χ3v) is 2.97. The fourth-order valence-electron chi connectivity index (χ4n) is 2.13. The molecule has 0 unspecified atom stereocenters. The van der Waals surface area contributed by atoms with Gasteiger partial charge in [-0.15, -0.1) is 0 Å². The van der Waals surface area contributed by atoms with E-state index in [0.29, 0.717) is 5.69 Å². The molecule has 2 rings (SSSR count). The van der Waals surface area contributed by atoms with Crippen molar-refractivity contribution in [3.8, 4) is 11.4 Å². The molecule has 0 aliphatic heterocycles. The molecule has 0 bridgehead atoms. The van der Waals surface area contributed by atoms with Crippen LogP contribution in [0.3, 0.4) is 0 Å². The standard InChI is InChI=1S/C12H16N4O2/c1-5-8-9(11-13-7-14-16(11)3)6-15(2)10(8)12(17)18-4/h6-7H,5H2,1-4H3. The van der Waals surface area contributed by atoms with Gasteiger partial charge in [0.05, 0.1) is 7.11 Å². The normalized spacial score (nSPS) is 10.7. The quantitative estimate of drug-likeness (QED) is 0.765. The minimum absolute atomic E-state index is 0.331. The molecule has 96 valence electrons. The SMILES string of the molecule is CCc1c(-c2ncnn2C)cn(C)c1C(=O)OC. The van der Waals surface area contributed by atoms with Gasteiger partial charge in [-0.1, -0.05) is 6.92 Å². The van der Waals surface area contributed by atoms with Crippen LogP contribution in [0.1, 0.15) is 23.0 Å². The molecule has 0 fully saturated rings. The van der Waals surface area contributed by atoms with E-state index < -0.39 is 0 Å². The predicted molar refractivity (Wildman–Crippen MR) is 66.1 cm³/mol. The first-order chi connectivity index (χ1) is 8.60. The van der Waals surface area contributed by atoms with E-state index in [1.165, 1.54) is 13.4 Å². The Kier molecular flexibility index (Phi) is 3.18. The highest BCUT2D eigenvalue weighted by Gasteiger charge is 2.22. The molecule has 0 amide bonds. The van der Waals surface area contributed by atoms with Crippen LogP contribution in [0.15, 0.2) is 12.5 Å². The maximum Gasteiger partial charge on any atom is 0.354 e. The Morgan fingerprint density at radius 3 is 2.67 bits per heavy atom. The zero-order chi connectivity index (χ0) is 13.3. The van der Waals surface area contributed by atoms with E-state index in [0.717, 1.165) is 23.4 Å². The molecule has 2 heterocycles. The lowest BCUT2D eigenvalue weighted by Crippen LogP contribution is -2.09. The summed E-state index contributed by atoms with van der Waals surface area (Å²) >= 11 is 0. The highest BCUT2D eigenvalue weighted by molar-refractivity contribution is 5.92. The van der Waals surface area contributed by atoms with Crippen molar-refractivity contribution in [2.75, 3.05) is 7.11 Å². The Labute approximate surface area is 105 Å². The Morgan fingerprint density at radius 2 is 2.17 bits per heavy atom. The van der Waals surface area contributed by atoms with E-state index in [4.69, 9.17) is 4.74 Å². The van der Waals surface area contributed by atoms with Gasteiger partial charge in [0.2, 0.25) is 0 Å². The van der Waals surface area contributed by atoms with Crippen LogP contribution in [0.25, 0.3) is 11.4 Å². The molecular formula is C12H16N4O2. The summed E-state index contributed by atoms with van der Waals surface area (Å²) < 4.78 is 8.28. The minimum Gasteiger partial charge on any atom is -0.464 e. The number of rotatable bonds is 3. The summed E-state index contributed by atoms with van der Waals surface area (Å²) in [5.41, 5.74) is 2.42. The number of nitrogens with zero attached hydrogens (tertiary/aromatic N) is 4. The van der Waals surface area contributed by atoms with Gasteiger partial charge in [0.1, 0.15) is 12.0 Å². The highest BCUT2D eigenvalue weighted by Crippen LogP contribution is 2.26. The number of methoxy groups -OCH3 is 1. The Morgan fingerprint density at radius 1 is 1.44 bits per heavy atom. The lowest BCUT2D eigenvalue weighted by Gasteiger charge is -2.04. The first-order valence-corrected chi connectivity index (χ1v) is 5.71. The number of carbonyl (C=O) groups is 1. The number of hydrogen-bond donors (Lipinski definition) is 0. The van der Waals surface area contributed by atoms with Crippen LogP contribution in [0.5, 0.6) is 0 Å². The van der Waals surface area contributed by atoms with Crippen LogP contribution >= 0.6 is 0 Å². The lowest BCUT2D eigenvalue weighted by molar-refractivity contribution is 0.0588. The van der Waals surface area contributed by atoms with Gasteiger partial charge in [-0.25, -0.2) is 14.5 Å². The molecule has 2 aromatic rings. The molecule has 0 atom stereocenters. The van der Waals surface area contributed by atoms with Gasteiger partial charge in [0.15, 0.2) is 5.82 Å². The van der Waals surface area contributed by atoms with E-state index in [1.807, 2.05) is 27.2 Å². The third-order valence-electron chi connectivity index (χ3n) is 2.97. The second kappa shape index (κ2) is 4.64. The van der Waals surface area contributed by atoms with Gasteiger partial charge in [0, 0.05) is 25.9 Å². The van der Waals surface area contributed by atoms with Crippen LogP contribution in [-0.4, -0.2) is 32.4 Å². The van der Waals surface area contributed by atoms with Gasteiger partial charge in [0.25, 0.3) is 0 Å². The van der Waals surface area contributed by atoms with Crippen molar-refractivity contribution in [2.45, 2.75) is 13.3 Å². The van der Waals surface area contributed by atoms with Crippen molar-refractivity contribution in [1.82, 2.24) is 19.3 Å². The van der Waals surface area contributed by atoms with Crippen molar-refractivity contribution >= 4 is 5.97 Å². The fraction of sp³-hybridized carbons (Fsp3) is 0.417. The van der Waals surface area contributed by atoms with E-state index >= 15 is 0 Å². The molecule has 2 aromatic heterocycles. The van der Waals surface area contributed by atoms with Crippen LogP contribution in [0, 0.1) is 0 Å². The molecule has 0 aliphatic rings. The van der Waals surface area contributed by atoms with Crippen molar-refractivity contribution in [2.24, 2.45) is 14.1 Å². The van der Waals surface area contributed by atoms with Gasteiger partial charge >= 0.3 is 5.97 Å². The van der Waals surface area contributed by atoms with Crippen molar-refractivity contribution < 1.29 is 9.53 Å². The molecule has 0 saturated heterocycles. The first-order valence-electron chi connectivity index (χ1n) is 5.71. The number of carbonyl (C=O) groups excluding carboxylic acids is 1. The second-order valence-corrected chi connectivity index (χ2v) is 4.03. The molecule has 6 nitrogen and oxygen atoms in total. The van der Waals surface area contributed by atoms with Crippen LogP contribution in [0.4, 0.5) is 0 Å². The topological polar surface area (TPSA) is 61.9 Å². The summed E-state index contributed by atoms with van der Waals surface area (Å²) in [5, 5.41) is 4.05. The van der Waals surface area contributed by atoms with Crippen LogP contribution in [0.2, 0.25) is 0 Å². The number of aryl methyl sites for hydroxylation is 2. The Bertz CT molecular complexity index is 583. The van der Waals surface area contributed by atoms with Crippen molar-refractivity contribution in [3.05, 3.63) is 23.8 Å². The predicted octanol–water partition coefficient (Wildman–Crippen LogP) is 1.17. The van der Waals surface area contributed by atoms with Crippen LogP contribution in [-0.2, 0) is 25.3 Å². The van der Waals surface area contributed by atoms with Gasteiger partial charge in [-0.05, 0) is 12.0 Å². The molecule has 0 N–H and O–H groups in total. The van der Waals surface area contributed by atoms with E-state index in [1.54, 1.807) is 9.25 Å². The number of esters is 1. The molecule has 0 aliphatic carbocycles. The van der Waals surface area contributed by atoms with E-state index in [-0.39, 0.29) is 5.97 Å². The van der Waals surface area contributed by atoms with E-state index in [2.05, 4.69) is 10.1 Å². The van der Waals surface area contributed by atoms with Crippen LogP contribution < -0.4 is 0 Å². The van der Waals surface area contributed by atoms with E-state index in [9.17, 15) is 4.79 Å². The molecule has 0 radical (unpaired) electrons. The van der Waals surface area contributed by atoms with Gasteiger partial charge in [-0.3, -0.25) is 0 Å². The Hall–Kier alpha value is -2.11. The maximum atomic E-state index is 11.8. The summed E-state index contributed by atoms with van der Waals surface area (Å²) in [6, 6.07) is 0. The summed E-state index contributed by atoms with van der Waals surface area (Å²) in [4.78, 5) is 16.0. The molecule has 6 heteroatoms. The summed E-state index contributed by atoms with van der Waals surface area (Å²) in [6.07, 6.45) is 4.11. The number of aromatic nitrogens is 4. The molecular weight excluding hydrogens is 232 g/mol. The summed E-state index contributed by atoms with van der Waals surface area (Å²) in [6.45, 7) is 2.00. The summed E-state index contributed by atoms with van der Waals surface area (Å²) in [7, 11) is 5.04. The Balaban J connectivity index is 2.64. The zero-order valence-corrected chi connectivity index (χ0v) is 11.0.